The molecule has 2 aromatic carbocycles. The van der Waals surface area contributed by atoms with Gasteiger partial charge in [0.15, 0.2) is 0 Å². The number of benzene rings is 2. The number of halogens is 1. The Morgan fingerprint density at radius 2 is 1.90 bits per heavy atom. The summed E-state index contributed by atoms with van der Waals surface area (Å²) in [5.74, 6) is 0.867. The summed E-state index contributed by atoms with van der Waals surface area (Å²) in [6.45, 7) is 0.468. The number of thiocarbonyl (C=S) groups is 1. The standard InChI is InChI=1S/C22H16FNO3S2/c23-19-6-2-1-4-16(19)14-27-17-9-7-15(8-10-17)12-20-21(25)24(22(28)29-20)13-18-5-3-11-26-18/h1-12H,13-14H2/b20-12-. The monoisotopic (exact) mass is 425 g/mol. The van der Waals surface area contributed by atoms with Crippen LogP contribution in [0.5, 0.6) is 5.75 Å². The zero-order chi connectivity index (χ0) is 20.2. The SMILES string of the molecule is O=C1/C(=C/c2ccc(OCc3ccccc3F)cc2)SC(=S)N1Cc1ccco1. The molecular weight excluding hydrogens is 409 g/mol. The Labute approximate surface area is 177 Å². The second kappa shape index (κ2) is 8.63. The highest BCUT2D eigenvalue weighted by atomic mass is 32.2. The molecule has 1 fully saturated rings. The van der Waals surface area contributed by atoms with Gasteiger partial charge >= 0.3 is 0 Å². The average molecular weight is 426 g/mol. The molecule has 1 aliphatic heterocycles. The third kappa shape index (κ3) is 4.58. The number of rotatable bonds is 6. The van der Waals surface area contributed by atoms with Crippen LogP contribution in [0.15, 0.2) is 76.2 Å². The summed E-state index contributed by atoms with van der Waals surface area (Å²) in [6.07, 6.45) is 3.36. The molecule has 1 amide bonds. The van der Waals surface area contributed by atoms with E-state index >= 15 is 0 Å². The average Bonchev–Trinajstić information content (AvgIpc) is 3.33. The molecule has 2 heterocycles. The first-order chi connectivity index (χ1) is 14.1. The minimum atomic E-state index is -0.291. The summed E-state index contributed by atoms with van der Waals surface area (Å²) in [6, 6.07) is 17.4. The van der Waals surface area contributed by atoms with E-state index in [1.54, 1.807) is 48.7 Å². The predicted molar refractivity (Wildman–Crippen MR) is 115 cm³/mol. The third-order valence-corrected chi connectivity index (χ3v) is 5.68. The van der Waals surface area contributed by atoms with Gasteiger partial charge in [-0.15, -0.1) is 0 Å². The molecule has 0 bridgehead atoms. The molecule has 4 nitrogen and oxygen atoms in total. The zero-order valence-corrected chi connectivity index (χ0v) is 16.8. The number of carbonyl (C=O) groups is 1. The van der Waals surface area contributed by atoms with E-state index in [1.165, 1.54) is 22.7 Å². The molecule has 1 saturated heterocycles. The van der Waals surface area contributed by atoms with Crippen LogP contribution in [0, 0.1) is 5.82 Å². The van der Waals surface area contributed by atoms with E-state index in [0.29, 0.717) is 32.8 Å². The molecule has 7 heteroatoms. The van der Waals surface area contributed by atoms with Gasteiger partial charge in [-0.3, -0.25) is 9.69 Å². The van der Waals surface area contributed by atoms with Crippen LogP contribution in [-0.2, 0) is 17.9 Å². The highest BCUT2D eigenvalue weighted by molar-refractivity contribution is 8.26. The third-order valence-electron chi connectivity index (χ3n) is 4.30. The van der Waals surface area contributed by atoms with E-state index in [2.05, 4.69) is 0 Å². The number of carbonyl (C=O) groups excluding carboxylic acids is 1. The van der Waals surface area contributed by atoms with Crippen LogP contribution in [0.25, 0.3) is 6.08 Å². The van der Waals surface area contributed by atoms with Gasteiger partial charge in [0.1, 0.15) is 28.3 Å². The smallest absolute Gasteiger partial charge is 0.266 e. The number of furan rings is 1. The molecule has 0 radical (unpaired) electrons. The molecule has 1 aromatic heterocycles. The quantitative estimate of drug-likeness (QED) is 0.391. The number of ether oxygens (including phenoxy) is 1. The highest BCUT2D eigenvalue weighted by Gasteiger charge is 2.32. The molecule has 3 aromatic rings. The fourth-order valence-corrected chi connectivity index (χ4v) is 4.04. The first-order valence-electron chi connectivity index (χ1n) is 8.84. The van der Waals surface area contributed by atoms with Crippen molar-refractivity contribution < 1.29 is 18.3 Å². The van der Waals surface area contributed by atoms with Crippen molar-refractivity contribution >= 4 is 40.3 Å². The van der Waals surface area contributed by atoms with Gasteiger partial charge in [0.25, 0.3) is 5.91 Å². The molecule has 0 saturated carbocycles. The summed E-state index contributed by atoms with van der Waals surface area (Å²) in [5.41, 5.74) is 1.35. The van der Waals surface area contributed by atoms with Gasteiger partial charge in [0, 0.05) is 5.56 Å². The molecule has 0 atom stereocenters. The normalized spacial score (nSPS) is 15.3. The van der Waals surface area contributed by atoms with E-state index in [9.17, 15) is 9.18 Å². The van der Waals surface area contributed by atoms with Crippen molar-refractivity contribution in [1.29, 1.82) is 0 Å². The lowest BCUT2D eigenvalue weighted by atomic mass is 10.2. The molecular formula is C22H16FNO3S2. The van der Waals surface area contributed by atoms with Crippen LogP contribution in [-0.4, -0.2) is 15.1 Å². The van der Waals surface area contributed by atoms with Crippen LogP contribution in [0.1, 0.15) is 16.9 Å². The molecule has 0 N–H and O–H groups in total. The molecule has 0 spiro atoms. The minimum absolute atomic E-state index is 0.142. The van der Waals surface area contributed by atoms with E-state index in [1.807, 2.05) is 18.2 Å². The van der Waals surface area contributed by atoms with Crippen LogP contribution < -0.4 is 4.74 Å². The number of nitrogens with zero attached hydrogens (tertiary/aromatic N) is 1. The van der Waals surface area contributed by atoms with Gasteiger partial charge in [-0.1, -0.05) is 54.3 Å². The second-order valence-corrected chi connectivity index (χ2v) is 7.97. The lowest BCUT2D eigenvalue weighted by molar-refractivity contribution is -0.122. The maximum atomic E-state index is 13.7. The topological polar surface area (TPSA) is 42.7 Å². The van der Waals surface area contributed by atoms with Gasteiger partial charge < -0.3 is 9.15 Å². The van der Waals surface area contributed by atoms with Gasteiger partial charge in [0.05, 0.1) is 17.7 Å². The molecule has 29 heavy (non-hydrogen) atoms. The predicted octanol–water partition coefficient (Wildman–Crippen LogP) is 5.40. The summed E-state index contributed by atoms with van der Waals surface area (Å²) in [7, 11) is 0. The van der Waals surface area contributed by atoms with Gasteiger partial charge in [-0.05, 0) is 42.0 Å². The Hall–Kier alpha value is -2.90. The molecule has 1 aliphatic rings. The Bertz CT molecular complexity index is 1060. The maximum absolute atomic E-state index is 13.7. The van der Waals surface area contributed by atoms with E-state index in [4.69, 9.17) is 21.4 Å². The van der Waals surface area contributed by atoms with Gasteiger partial charge in [0.2, 0.25) is 0 Å². The van der Waals surface area contributed by atoms with Crippen molar-refractivity contribution in [2.75, 3.05) is 0 Å². The fourth-order valence-electron chi connectivity index (χ4n) is 2.78. The minimum Gasteiger partial charge on any atom is -0.489 e. The van der Waals surface area contributed by atoms with Crippen LogP contribution in [0.3, 0.4) is 0 Å². The van der Waals surface area contributed by atoms with Crippen LogP contribution in [0.2, 0.25) is 0 Å². The van der Waals surface area contributed by atoms with Crippen molar-refractivity contribution in [3.8, 4) is 5.75 Å². The first-order valence-corrected chi connectivity index (χ1v) is 10.1. The van der Waals surface area contributed by atoms with Crippen LogP contribution >= 0.6 is 24.0 Å². The van der Waals surface area contributed by atoms with Crippen LogP contribution in [0.4, 0.5) is 4.39 Å². The van der Waals surface area contributed by atoms with Crippen molar-refractivity contribution in [2.45, 2.75) is 13.2 Å². The largest absolute Gasteiger partial charge is 0.489 e. The summed E-state index contributed by atoms with van der Waals surface area (Å²) in [4.78, 5) is 14.7. The summed E-state index contributed by atoms with van der Waals surface area (Å²) < 4.78 is 25.1. The van der Waals surface area contributed by atoms with E-state index < -0.39 is 0 Å². The van der Waals surface area contributed by atoms with Crippen molar-refractivity contribution in [1.82, 2.24) is 4.90 Å². The lowest BCUT2D eigenvalue weighted by Gasteiger charge is -2.12. The van der Waals surface area contributed by atoms with Crippen molar-refractivity contribution in [3.63, 3.8) is 0 Å². The van der Waals surface area contributed by atoms with Crippen molar-refractivity contribution in [3.05, 3.63) is 94.5 Å². The Morgan fingerprint density at radius 1 is 1.10 bits per heavy atom. The summed E-state index contributed by atoms with van der Waals surface area (Å²) in [5, 5.41) is 0. The molecule has 4 rings (SSSR count). The molecule has 0 aliphatic carbocycles. The first kappa shape index (κ1) is 19.4. The van der Waals surface area contributed by atoms with E-state index in [0.717, 1.165) is 5.56 Å². The number of amides is 1. The zero-order valence-electron chi connectivity index (χ0n) is 15.2. The Morgan fingerprint density at radius 3 is 2.62 bits per heavy atom. The van der Waals surface area contributed by atoms with E-state index in [-0.39, 0.29) is 18.3 Å². The molecule has 146 valence electrons. The van der Waals surface area contributed by atoms with Crippen molar-refractivity contribution in [2.24, 2.45) is 0 Å². The number of thioether (sulfide) groups is 1. The highest BCUT2D eigenvalue weighted by Crippen LogP contribution is 2.33. The van der Waals surface area contributed by atoms with Gasteiger partial charge in [-0.2, -0.15) is 0 Å². The molecule has 0 unspecified atom stereocenters. The second-order valence-electron chi connectivity index (χ2n) is 6.30. The van der Waals surface area contributed by atoms with Gasteiger partial charge in [-0.25, -0.2) is 4.39 Å². The lowest BCUT2D eigenvalue weighted by Crippen LogP contribution is -2.27. The fraction of sp³-hybridized carbons (Fsp3) is 0.0909. The number of hydrogen-bond donors (Lipinski definition) is 0. The number of hydrogen-bond acceptors (Lipinski definition) is 5. The summed E-state index contributed by atoms with van der Waals surface area (Å²) >= 11 is 6.60. The Kier molecular flexibility index (Phi) is 5.78. The maximum Gasteiger partial charge on any atom is 0.266 e. The Balaban J connectivity index is 1.41.